The Morgan fingerprint density at radius 1 is 1.20 bits per heavy atom. The van der Waals surface area contributed by atoms with Crippen LogP contribution in [0, 0.1) is 11.6 Å². The zero-order valence-electron chi connectivity index (χ0n) is 10.2. The Bertz CT molecular complexity index is 617. The fourth-order valence-electron chi connectivity index (χ4n) is 1.54. The number of nitrogens with two attached hydrogens (primary N) is 1. The summed E-state index contributed by atoms with van der Waals surface area (Å²) in [6.07, 6.45) is 1.18. The van der Waals surface area contributed by atoms with Gasteiger partial charge in [-0.25, -0.2) is 24.6 Å². The molecule has 20 heavy (non-hydrogen) atoms. The van der Waals surface area contributed by atoms with Gasteiger partial charge in [0, 0.05) is 4.47 Å². The van der Waals surface area contributed by atoms with Gasteiger partial charge < -0.3 is 15.5 Å². The normalized spacial score (nSPS) is 10.2. The molecule has 0 spiro atoms. The van der Waals surface area contributed by atoms with Crippen LogP contribution in [0.5, 0.6) is 5.75 Å². The van der Waals surface area contributed by atoms with Crippen molar-refractivity contribution in [1.29, 1.82) is 0 Å². The first-order valence-corrected chi connectivity index (χ1v) is 6.13. The molecule has 1 aromatic heterocycles. The van der Waals surface area contributed by atoms with Gasteiger partial charge >= 0.3 is 0 Å². The minimum absolute atomic E-state index is 0.0792. The molecule has 0 saturated carbocycles. The molecule has 0 aliphatic rings. The molecule has 9 heteroatoms. The lowest BCUT2D eigenvalue weighted by Gasteiger charge is -2.13. The molecule has 1 aromatic carbocycles. The van der Waals surface area contributed by atoms with Crippen molar-refractivity contribution in [2.24, 2.45) is 5.84 Å². The summed E-state index contributed by atoms with van der Waals surface area (Å²) in [7, 11) is 1.36. The Morgan fingerprint density at radius 3 is 2.35 bits per heavy atom. The highest BCUT2D eigenvalue weighted by molar-refractivity contribution is 9.10. The summed E-state index contributed by atoms with van der Waals surface area (Å²) in [6, 6.07) is 2.25. The van der Waals surface area contributed by atoms with Crippen LogP contribution in [0.4, 0.5) is 26.1 Å². The van der Waals surface area contributed by atoms with Crippen LogP contribution < -0.4 is 21.3 Å². The monoisotopic (exact) mass is 345 g/mol. The molecule has 4 N–H and O–H groups in total. The summed E-state index contributed by atoms with van der Waals surface area (Å²) in [4.78, 5) is 7.69. The second kappa shape index (κ2) is 5.97. The van der Waals surface area contributed by atoms with Crippen molar-refractivity contribution >= 4 is 33.3 Å². The number of anilines is 3. The van der Waals surface area contributed by atoms with Gasteiger partial charge in [-0.15, -0.1) is 0 Å². The molecule has 2 aromatic rings. The lowest BCUT2D eigenvalue weighted by molar-refractivity contribution is 0.415. The third-order valence-corrected chi connectivity index (χ3v) is 2.85. The van der Waals surface area contributed by atoms with Gasteiger partial charge in [-0.1, -0.05) is 15.9 Å². The van der Waals surface area contributed by atoms with Crippen LogP contribution in [0.2, 0.25) is 0 Å². The molecular formula is C11H10BrF2N5O. The standard InChI is InChI=1S/C11H10BrF2N5O/c1-20-9-10(16-4-17-11(9)19-15)18-8-6(13)2-5(12)3-7(8)14/h2-4H,15H2,1H3,(H2,16,17,18,19). The number of hydrogen-bond acceptors (Lipinski definition) is 6. The summed E-state index contributed by atoms with van der Waals surface area (Å²) in [5, 5.41) is 2.52. The molecule has 0 aliphatic heterocycles. The van der Waals surface area contributed by atoms with E-state index in [0.29, 0.717) is 0 Å². The van der Waals surface area contributed by atoms with E-state index < -0.39 is 11.6 Å². The van der Waals surface area contributed by atoms with Crippen molar-refractivity contribution in [2.45, 2.75) is 0 Å². The van der Waals surface area contributed by atoms with E-state index >= 15 is 0 Å². The SMILES string of the molecule is COc1c(NN)ncnc1Nc1c(F)cc(Br)cc1F. The number of aromatic nitrogens is 2. The Kier molecular flexibility index (Phi) is 4.30. The molecule has 0 aliphatic carbocycles. The lowest BCUT2D eigenvalue weighted by Crippen LogP contribution is -2.12. The van der Waals surface area contributed by atoms with Gasteiger partial charge in [0.1, 0.15) is 12.0 Å². The minimum atomic E-state index is -0.778. The fraction of sp³-hybridized carbons (Fsp3) is 0.0909. The van der Waals surface area contributed by atoms with E-state index in [9.17, 15) is 8.78 Å². The number of halogens is 3. The van der Waals surface area contributed by atoms with Crippen molar-refractivity contribution in [3.63, 3.8) is 0 Å². The highest BCUT2D eigenvalue weighted by atomic mass is 79.9. The van der Waals surface area contributed by atoms with Crippen molar-refractivity contribution in [3.8, 4) is 5.75 Å². The smallest absolute Gasteiger partial charge is 0.205 e. The first-order chi connectivity index (χ1) is 9.56. The van der Waals surface area contributed by atoms with Crippen LogP contribution in [-0.2, 0) is 0 Å². The molecule has 6 nitrogen and oxygen atoms in total. The molecular weight excluding hydrogens is 336 g/mol. The second-order valence-electron chi connectivity index (χ2n) is 3.62. The Morgan fingerprint density at radius 2 is 1.80 bits per heavy atom. The predicted molar refractivity (Wildman–Crippen MR) is 73.7 cm³/mol. The number of ether oxygens (including phenoxy) is 1. The molecule has 0 amide bonds. The number of benzene rings is 1. The number of hydrogen-bond donors (Lipinski definition) is 3. The predicted octanol–water partition coefficient (Wildman–Crippen LogP) is 2.56. The topological polar surface area (TPSA) is 85.1 Å². The summed E-state index contributed by atoms with van der Waals surface area (Å²) in [5.74, 6) is 4.11. The van der Waals surface area contributed by atoms with E-state index in [4.69, 9.17) is 10.6 Å². The van der Waals surface area contributed by atoms with Crippen LogP contribution in [0.25, 0.3) is 0 Å². The molecule has 0 radical (unpaired) electrons. The Labute approximate surface area is 121 Å². The van der Waals surface area contributed by atoms with Gasteiger partial charge in [0.2, 0.25) is 5.75 Å². The summed E-state index contributed by atoms with van der Waals surface area (Å²) < 4.78 is 32.9. The maximum Gasteiger partial charge on any atom is 0.205 e. The molecule has 2 rings (SSSR count). The lowest BCUT2D eigenvalue weighted by atomic mass is 10.3. The highest BCUT2D eigenvalue weighted by Gasteiger charge is 2.16. The van der Waals surface area contributed by atoms with Gasteiger partial charge in [0.25, 0.3) is 0 Å². The average Bonchev–Trinajstić information content (AvgIpc) is 2.42. The van der Waals surface area contributed by atoms with Crippen LogP contribution in [0.1, 0.15) is 0 Å². The average molecular weight is 346 g/mol. The van der Waals surface area contributed by atoms with E-state index in [2.05, 4.69) is 36.6 Å². The van der Waals surface area contributed by atoms with Crippen LogP contribution in [0.3, 0.4) is 0 Å². The van der Waals surface area contributed by atoms with E-state index in [1.807, 2.05) is 0 Å². The van der Waals surface area contributed by atoms with Gasteiger partial charge in [-0.05, 0) is 12.1 Å². The third-order valence-electron chi connectivity index (χ3n) is 2.39. The zero-order chi connectivity index (χ0) is 14.7. The van der Waals surface area contributed by atoms with E-state index in [-0.39, 0.29) is 27.5 Å². The largest absolute Gasteiger partial charge is 0.490 e. The van der Waals surface area contributed by atoms with Crippen molar-refractivity contribution in [2.75, 3.05) is 17.9 Å². The van der Waals surface area contributed by atoms with Crippen molar-refractivity contribution in [1.82, 2.24) is 9.97 Å². The summed E-state index contributed by atoms with van der Waals surface area (Å²) >= 11 is 3.00. The molecule has 106 valence electrons. The van der Waals surface area contributed by atoms with Crippen molar-refractivity contribution < 1.29 is 13.5 Å². The number of methoxy groups -OCH3 is 1. The molecule has 0 unspecified atom stereocenters. The van der Waals surface area contributed by atoms with Crippen LogP contribution >= 0.6 is 15.9 Å². The molecule has 0 bridgehead atoms. The van der Waals surface area contributed by atoms with Gasteiger partial charge in [0.15, 0.2) is 23.3 Å². The Hall–Kier alpha value is -2.00. The van der Waals surface area contributed by atoms with Crippen LogP contribution in [0.15, 0.2) is 22.9 Å². The molecule has 0 saturated heterocycles. The number of rotatable bonds is 4. The van der Waals surface area contributed by atoms with E-state index in [0.717, 1.165) is 12.1 Å². The third kappa shape index (κ3) is 2.78. The fourth-order valence-corrected chi connectivity index (χ4v) is 1.94. The number of nitrogen functional groups attached to an aromatic ring is 1. The highest BCUT2D eigenvalue weighted by Crippen LogP contribution is 2.33. The number of nitrogens with one attached hydrogen (secondary N) is 2. The number of hydrazine groups is 1. The zero-order valence-corrected chi connectivity index (χ0v) is 11.8. The van der Waals surface area contributed by atoms with Gasteiger partial charge in [-0.3, -0.25) is 0 Å². The first kappa shape index (κ1) is 14.4. The number of nitrogens with zero attached hydrogens (tertiary/aromatic N) is 2. The quantitative estimate of drug-likeness (QED) is 0.583. The van der Waals surface area contributed by atoms with E-state index in [1.54, 1.807) is 0 Å². The molecule has 1 heterocycles. The second-order valence-corrected chi connectivity index (χ2v) is 4.53. The maximum atomic E-state index is 13.8. The minimum Gasteiger partial charge on any atom is -0.490 e. The summed E-state index contributed by atoms with van der Waals surface area (Å²) in [6.45, 7) is 0. The van der Waals surface area contributed by atoms with Gasteiger partial charge in [-0.2, -0.15) is 0 Å². The molecule has 0 fully saturated rings. The Balaban J connectivity index is 2.45. The van der Waals surface area contributed by atoms with Crippen LogP contribution in [-0.4, -0.2) is 17.1 Å². The van der Waals surface area contributed by atoms with Crippen molar-refractivity contribution in [3.05, 3.63) is 34.6 Å². The van der Waals surface area contributed by atoms with Gasteiger partial charge in [0.05, 0.1) is 7.11 Å². The maximum absolute atomic E-state index is 13.8. The summed E-state index contributed by atoms with van der Waals surface area (Å²) in [5.41, 5.74) is 1.95. The van der Waals surface area contributed by atoms with E-state index in [1.165, 1.54) is 13.4 Å². The first-order valence-electron chi connectivity index (χ1n) is 5.34. The molecule has 0 atom stereocenters.